The number of nitriles is 3. The van der Waals surface area contributed by atoms with Gasteiger partial charge in [0.25, 0.3) is 16.7 Å². The number of hydrogen-bond acceptors (Lipinski definition) is 28. The molecule has 9 rings (SSSR count). The number of nitrogens with zero attached hydrogens (tertiary/aromatic N) is 8. The number of H-pyrrole nitrogens is 3. The second kappa shape index (κ2) is 34.0. The Morgan fingerprint density at radius 1 is 0.505 bits per heavy atom. The molecule has 8 heterocycles. The van der Waals surface area contributed by atoms with Crippen molar-refractivity contribution in [3.63, 3.8) is 0 Å². The fourth-order valence-corrected chi connectivity index (χ4v) is 15.8. The highest BCUT2D eigenvalue weighted by atomic mass is 31.2. The fraction of sp³-hybridized carbons (Fsp3) is 0.508. The third kappa shape index (κ3) is 20.3. The van der Waals surface area contributed by atoms with E-state index in [-0.39, 0.29) is 54.0 Å². The zero-order valence-corrected chi connectivity index (χ0v) is 60.2. The van der Waals surface area contributed by atoms with E-state index in [1.54, 1.807) is 36.9 Å². The van der Waals surface area contributed by atoms with Crippen molar-refractivity contribution in [3.05, 3.63) is 165 Å². The molecule has 0 amide bonds. The van der Waals surface area contributed by atoms with Crippen LogP contribution in [0.15, 0.2) is 115 Å². The van der Waals surface area contributed by atoms with E-state index in [0.29, 0.717) is 5.75 Å². The molecule has 5 aromatic heterocycles. The van der Waals surface area contributed by atoms with E-state index < -0.39 is 180 Å². The molecule has 1 aromatic carbocycles. The van der Waals surface area contributed by atoms with Crippen LogP contribution in [-0.2, 0) is 73.0 Å². The molecule has 3 N–H and O–H groups in total. The van der Waals surface area contributed by atoms with Crippen LogP contribution in [-0.4, -0.2) is 136 Å². The third-order valence-corrected chi connectivity index (χ3v) is 25.8. The molecule has 0 saturated carbocycles. The standard InChI is InChI=1S/C63H78N11O23P3Si/c1-40-34-72(60(78)69-57(40)75)54-31-48(51(92-54)37-89-98(81,85-23-9-16-64)88-27-26-84-47-29-45(43-12-19-67-20-13-43)28-46(30-47)44-14-21-68-22-15-44)95-99(82,86-24-10-17-65)90-38-52-49(32-55(93-52)73-35-41(2)58(76)70-61(73)79)96-100(83,87-25-11-18-66)91-39-53-50(97-101(7,8)63(4,5)6)33-56(94-53)74-36-42(3)59(77)71-62(74)80/h12-15,19-22,28-30,34-36,48-56H,9-11,23-27,31-33,37-39H2,1-8H3,(H,69,75,78)(H,70,76,79)(H,71,77,80)/t48-,49-,50-,51+,52+,53+,54+,55+,56+,98?,99?,100?/m0/s1. The van der Waals surface area contributed by atoms with Gasteiger partial charge in [0.2, 0.25) is 0 Å². The minimum absolute atomic E-state index is 0.0621. The summed E-state index contributed by atoms with van der Waals surface area (Å²) < 4.78 is 134. The van der Waals surface area contributed by atoms with Crippen molar-refractivity contribution in [2.24, 2.45) is 0 Å². The first-order chi connectivity index (χ1) is 48.0. The topological polar surface area (TPSA) is 442 Å². The summed E-state index contributed by atoms with van der Waals surface area (Å²) in [5.41, 5.74) is -1.06. The summed E-state index contributed by atoms with van der Waals surface area (Å²) in [5, 5.41) is 28.3. The van der Waals surface area contributed by atoms with Gasteiger partial charge in [-0.25, -0.2) is 28.1 Å². The maximum atomic E-state index is 15.4. The molecule has 3 fully saturated rings. The molecule has 0 aliphatic carbocycles. The summed E-state index contributed by atoms with van der Waals surface area (Å²) in [5.74, 6) is 0.400. The van der Waals surface area contributed by atoms with Gasteiger partial charge in [-0.15, -0.1) is 0 Å². The molecule has 6 aromatic rings. The number of rotatable bonds is 34. The number of benzene rings is 1. The second-order valence-corrected chi connectivity index (χ2v) is 34.8. The Labute approximate surface area is 579 Å². The summed E-state index contributed by atoms with van der Waals surface area (Å²) in [6.45, 7) is 9.86. The van der Waals surface area contributed by atoms with E-state index >= 15 is 9.13 Å². The van der Waals surface area contributed by atoms with E-state index in [0.717, 1.165) is 31.4 Å². The highest BCUT2D eigenvalue weighted by Gasteiger charge is 2.50. The number of phosphoric acid groups is 3. The van der Waals surface area contributed by atoms with Gasteiger partial charge in [0.05, 0.1) is 89.8 Å². The van der Waals surface area contributed by atoms with E-state index in [1.807, 2.05) is 82.4 Å². The lowest BCUT2D eigenvalue weighted by Crippen LogP contribution is -2.46. The lowest BCUT2D eigenvalue weighted by atomic mass is 10.00. The predicted octanol–water partition coefficient (Wildman–Crippen LogP) is 7.97. The van der Waals surface area contributed by atoms with Gasteiger partial charge in [-0.05, 0) is 104 Å². The van der Waals surface area contributed by atoms with E-state index in [4.69, 9.17) is 64.1 Å². The van der Waals surface area contributed by atoms with Gasteiger partial charge in [-0.2, -0.15) is 15.8 Å². The minimum atomic E-state index is -5.15. The zero-order chi connectivity index (χ0) is 72.9. The van der Waals surface area contributed by atoms with Crippen LogP contribution in [0.5, 0.6) is 5.75 Å². The molecule has 101 heavy (non-hydrogen) atoms. The van der Waals surface area contributed by atoms with Crippen LogP contribution in [0, 0.1) is 54.8 Å². The van der Waals surface area contributed by atoms with E-state index in [1.165, 1.54) is 43.9 Å². The first-order valence-corrected chi connectivity index (χ1v) is 39.3. The van der Waals surface area contributed by atoms with Crippen molar-refractivity contribution in [1.82, 2.24) is 38.6 Å². The minimum Gasteiger partial charge on any atom is -0.491 e. The number of aryl methyl sites for hydroxylation is 3. The summed E-state index contributed by atoms with van der Waals surface area (Å²) in [4.78, 5) is 92.6. The SMILES string of the molecule is Cc1cn([C@H]2C[C@H](O[Si](C)(C)C(C)(C)C)[C@@H](COP(=O)(OCCC#N)O[C@H]3C[C@H](n4cc(C)c(=O)[nH]c4=O)O[C@@H]3COP(=O)(OCCC#N)O[C@H]3C[C@H](n4cc(C)c(=O)[nH]c4=O)O[C@@H]3COP(=O)(OCCC#N)OCCOc3cc(-c4ccncc4)cc(-c4ccncc4)c3)O2)c(=O)[nH]c1=O. The van der Waals surface area contributed by atoms with Gasteiger partial charge < -0.3 is 23.4 Å². The molecule has 3 aliphatic rings. The monoisotopic (exact) mass is 1480 g/mol. The molecule has 3 aliphatic heterocycles. The van der Waals surface area contributed by atoms with Gasteiger partial charge in [0, 0.05) is 79.3 Å². The summed E-state index contributed by atoms with van der Waals surface area (Å²) >= 11 is 0. The van der Waals surface area contributed by atoms with Crippen molar-refractivity contribution in [2.45, 2.75) is 154 Å². The molecule has 3 saturated heterocycles. The number of nitrogens with one attached hydrogen (secondary N) is 3. The Morgan fingerprint density at radius 2 is 0.851 bits per heavy atom. The van der Waals surface area contributed by atoms with E-state index in [2.05, 4.69) is 24.9 Å². The molecule has 12 atom stereocenters. The number of pyridine rings is 2. The van der Waals surface area contributed by atoms with Crippen molar-refractivity contribution in [3.8, 4) is 46.2 Å². The maximum absolute atomic E-state index is 15.4. The molecule has 0 spiro atoms. The fourth-order valence-electron chi connectivity index (χ4n) is 10.5. The maximum Gasteiger partial charge on any atom is 0.475 e. The smallest absolute Gasteiger partial charge is 0.475 e. The largest absolute Gasteiger partial charge is 0.491 e. The molecule has 3 unspecified atom stereocenters. The van der Waals surface area contributed by atoms with Crippen molar-refractivity contribution >= 4 is 31.8 Å². The first kappa shape index (κ1) is 77.4. The van der Waals surface area contributed by atoms with Crippen molar-refractivity contribution < 1.29 is 77.8 Å². The lowest BCUT2D eigenvalue weighted by Gasteiger charge is -2.39. The zero-order valence-electron chi connectivity index (χ0n) is 56.5. The number of hydrogen-bond donors (Lipinski definition) is 3. The van der Waals surface area contributed by atoms with Crippen LogP contribution in [0.2, 0.25) is 18.1 Å². The van der Waals surface area contributed by atoms with Crippen LogP contribution < -0.4 is 38.5 Å². The van der Waals surface area contributed by atoms with Gasteiger partial charge in [-0.3, -0.25) is 93.7 Å². The summed E-state index contributed by atoms with van der Waals surface area (Å²) in [6.07, 6.45) is -3.22. The van der Waals surface area contributed by atoms with Crippen LogP contribution in [0.25, 0.3) is 22.3 Å². The van der Waals surface area contributed by atoms with Gasteiger partial charge in [-0.1, -0.05) is 20.8 Å². The molecule has 0 bridgehead atoms. The molecule has 38 heteroatoms. The van der Waals surface area contributed by atoms with Crippen LogP contribution in [0.1, 0.15) is 94.7 Å². The average molecular weight is 1480 g/mol. The number of aromatic nitrogens is 8. The van der Waals surface area contributed by atoms with Crippen molar-refractivity contribution in [1.29, 1.82) is 15.8 Å². The van der Waals surface area contributed by atoms with Gasteiger partial charge in [0.1, 0.15) is 61.6 Å². The molecule has 0 radical (unpaired) electrons. The first-order valence-electron chi connectivity index (χ1n) is 32.0. The van der Waals surface area contributed by atoms with Crippen LogP contribution in [0.3, 0.4) is 0 Å². The normalized spacial score (nSPS) is 22.5. The lowest BCUT2D eigenvalue weighted by molar-refractivity contribution is -0.0651. The Bertz CT molecular complexity index is 4490. The molecule has 34 nitrogen and oxygen atoms in total. The number of aromatic amines is 3. The summed E-state index contributed by atoms with van der Waals surface area (Å²) in [6, 6.07) is 18.5. The Balaban J connectivity index is 0.980. The third-order valence-electron chi connectivity index (χ3n) is 16.8. The van der Waals surface area contributed by atoms with Crippen molar-refractivity contribution in [2.75, 3.05) is 52.9 Å². The average Bonchev–Trinajstić information content (AvgIpc) is 1.73. The highest BCUT2D eigenvalue weighted by Crippen LogP contribution is 2.58. The van der Waals surface area contributed by atoms with Crippen LogP contribution >= 0.6 is 23.5 Å². The quantitative estimate of drug-likeness (QED) is 0.0196. The van der Waals surface area contributed by atoms with Gasteiger partial charge >= 0.3 is 40.5 Å². The van der Waals surface area contributed by atoms with Crippen LogP contribution in [0.4, 0.5) is 0 Å². The van der Waals surface area contributed by atoms with Gasteiger partial charge in [0.15, 0.2) is 8.32 Å². The predicted molar refractivity (Wildman–Crippen MR) is 359 cm³/mol. The molecular weight excluding hydrogens is 1400 g/mol. The molecule has 542 valence electrons. The van der Waals surface area contributed by atoms with E-state index in [9.17, 15) is 49.1 Å². The Morgan fingerprint density at radius 3 is 1.23 bits per heavy atom. The number of ether oxygens (including phenoxy) is 4. The number of phosphoric ester groups is 3. The second-order valence-electron chi connectivity index (χ2n) is 25.1. The highest BCUT2D eigenvalue weighted by molar-refractivity contribution is 7.49. The Hall–Kier alpha value is -7.78. The molecular formula is C63H78N11O23P3Si. The Kier molecular flexibility index (Phi) is 26.1. The summed E-state index contributed by atoms with van der Waals surface area (Å²) in [7, 11) is -17.5.